The summed E-state index contributed by atoms with van der Waals surface area (Å²) in [5.74, 6) is 0. The molecule has 0 spiro atoms. The van der Waals surface area contributed by atoms with Crippen LogP contribution in [0.25, 0.3) is 0 Å². The zero-order valence-corrected chi connectivity index (χ0v) is 15.9. The average molecular weight is 341 g/mol. The molecule has 4 nitrogen and oxygen atoms in total. The monoisotopic (exact) mass is 341 g/mol. The molecule has 2 aromatic rings. The van der Waals surface area contributed by atoms with Gasteiger partial charge in [-0.2, -0.15) is 5.10 Å². The molecule has 1 aliphatic rings. The molecule has 0 saturated carbocycles. The van der Waals surface area contributed by atoms with Crippen LogP contribution < -0.4 is 0 Å². The Labute approximate surface area is 151 Å². The molecule has 136 valence electrons. The van der Waals surface area contributed by atoms with Crippen molar-refractivity contribution in [3.8, 4) is 0 Å². The molecule has 25 heavy (non-hydrogen) atoms. The van der Waals surface area contributed by atoms with E-state index in [1.54, 1.807) is 0 Å². The number of aromatic nitrogens is 2. The van der Waals surface area contributed by atoms with Crippen molar-refractivity contribution in [2.24, 2.45) is 0 Å². The molecular weight excluding hydrogens is 310 g/mol. The molecule has 4 heteroatoms. The predicted molar refractivity (Wildman–Crippen MR) is 102 cm³/mol. The molecule has 3 rings (SSSR count). The van der Waals surface area contributed by atoms with Gasteiger partial charge in [0.1, 0.15) is 0 Å². The van der Waals surface area contributed by atoms with Gasteiger partial charge in [-0.15, -0.1) is 0 Å². The Bertz CT molecular complexity index is 659. The first-order valence-corrected chi connectivity index (χ1v) is 9.58. The van der Waals surface area contributed by atoms with Gasteiger partial charge in [-0.25, -0.2) is 0 Å². The van der Waals surface area contributed by atoms with E-state index in [0.717, 1.165) is 44.9 Å². The maximum Gasteiger partial charge on any atom is 0.0703 e. The number of nitrogens with zero attached hydrogens (tertiary/aromatic N) is 3. The molecule has 1 aromatic heterocycles. The van der Waals surface area contributed by atoms with Crippen LogP contribution in [0, 0.1) is 13.8 Å². The first-order chi connectivity index (χ1) is 12.2. The second kappa shape index (κ2) is 8.63. The standard InChI is InChI=1S/C21H31N3O/c1-4-12-24-18(3)21(17(2)22-24)16-23(15-20-11-8-13-25-20)14-19-9-6-5-7-10-19/h5-7,9-10,20H,4,8,11-16H2,1-3H3. The van der Waals surface area contributed by atoms with E-state index >= 15 is 0 Å². The lowest BCUT2D eigenvalue weighted by Crippen LogP contribution is -2.31. The van der Waals surface area contributed by atoms with E-state index in [2.05, 4.69) is 60.7 Å². The quantitative estimate of drug-likeness (QED) is 0.724. The highest BCUT2D eigenvalue weighted by Gasteiger charge is 2.21. The molecule has 1 aromatic carbocycles. The molecule has 1 atom stereocenters. The molecule has 0 aliphatic carbocycles. The lowest BCUT2D eigenvalue weighted by Gasteiger charge is -2.25. The van der Waals surface area contributed by atoms with Gasteiger partial charge in [0, 0.05) is 44.0 Å². The SMILES string of the molecule is CCCn1nc(C)c(CN(Cc2ccccc2)CC2CCCO2)c1C. The van der Waals surface area contributed by atoms with Crippen LogP contribution in [0.3, 0.4) is 0 Å². The molecule has 1 unspecified atom stereocenters. The maximum absolute atomic E-state index is 5.90. The van der Waals surface area contributed by atoms with Crippen molar-refractivity contribution in [1.29, 1.82) is 0 Å². The zero-order chi connectivity index (χ0) is 17.6. The van der Waals surface area contributed by atoms with Crippen LogP contribution in [0.5, 0.6) is 0 Å². The van der Waals surface area contributed by atoms with E-state index in [9.17, 15) is 0 Å². The second-order valence-corrected chi connectivity index (χ2v) is 7.16. The Morgan fingerprint density at radius 2 is 2.00 bits per heavy atom. The molecular formula is C21H31N3O. The molecule has 0 N–H and O–H groups in total. The summed E-state index contributed by atoms with van der Waals surface area (Å²) in [5, 5.41) is 4.75. The van der Waals surface area contributed by atoms with E-state index in [1.807, 2.05) is 0 Å². The smallest absolute Gasteiger partial charge is 0.0703 e. The van der Waals surface area contributed by atoms with Gasteiger partial charge < -0.3 is 4.74 Å². The van der Waals surface area contributed by atoms with Gasteiger partial charge in [-0.05, 0) is 38.7 Å². The van der Waals surface area contributed by atoms with Crippen LogP contribution in [0.4, 0.5) is 0 Å². The Kier molecular flexibility index (Phi) is 6.27. The minimum absolute atomic E-state index is 0.370. The molecule has 0 bridgehead atoms. The minimum Gasteiger partial charge on any atom is -0.377 e. The van der Waals surface area contributed by atoms with Gasteiger partial charge in [0.25, 0.3) is 0 Å². The van der Waals surface area contributed by atoms with Crippen molar-refractivity contribution in [1.82, 2.24) is 14.7 Å². The number of hydrogen-bond acceptors (Lipinski definition) is 3. The van der Waals surface area contributed by atoms with Gasteiger partial charge in [0.05, 0.1) is 11.8 Å². The van der Waals surface area contributed by atoms with Crippen LogP contribution in [0.2, 0.25) is 0 Å². The van der Waals surface area contributed by atoms with Crippen molar-refractivity contribution in [2.45, 2.75) is 65.8 Å². The van der Waals surface area contributed by atoms with Crippen molar-refractivity contribution in [2.75, 3.05) is 13.2 Å². The van der Waals surface area contributed by atoms with Gasteiger partial charge in [0.2, 0.25) is 0 Å². The normalized spacial score (nSPS) is 17.5. The first kappa shape index (κ1) is 18.2. The van der Waals surface area contributed by atoms with E-state index in [-0.39, 0.29) is 0 Å². The lowest BCUT2D eigenvalue weighted by atomic mass is 10.1. The van der Waals surface area contributed by atoms with E-state index < -0.39 is 0 Å². The number of ether oxygens (including phenoxy) is 1. The van der Waals surface area contributed by atoms with Crippen LogP contribution in [0.1, 0.15) is 48.7 Å². The number of aryl methyl sites for hydroxylation is 2. The van der Waals surface area contributed by atoms with Crippen LogP contribution in [0.15, 0.2) is 30.3 Å². The summed E-state index contributed by atoms with van der Waals surface area (Å²) in [7, 11) is 0. The molecule has 1 aliphatic heterocycles. The van der Waals surface area contributed by atoms with Gasteiger partial charge in [-0.1, -0.05) is 37.3 Å². The predicted octanol–water partition coefficient (Wildman–Crippen LogP) is 4.09. The number of benzene rings is 1. The Morgan fingerprint density at radius 3 is 2.68 bits per heavy atom. The summed E-state index contributed by atoms with van der Waals surface area (Å²) < 4.78 is 8.06. The van der Waals surface area contributed by atoms with Crippen molar-refractivity contribution < 1.29 is 4.74 Å². The summed E-state index contributed by atoms with van der Waals surface area (Å²) in [5.41, 5.74) is 5.21. The summed E-state index contributed by atoms with van der Waals surface area (Å²) in [6.45, 7) is 11.4. The van der Waals surface area contributed by atoms with Gasteiger partial charge >= 0.3 is 0 Å². The van der Waals surface area contributed by atoms with Crippen LogP contribution in [-0.2, 0) is 24.4 Å². The highest BCUT2D eigenvalue weighted by Crippen LogP contribution is 2.20. The van der Waals surface area contributed by atoms with Gasteiger partial charge in [-0.3, -0.25) is 9.58 Å². The number of hydrogen-bond donors (Lipinski definition) is 0. The molecule has 2 heterocycles. The van der Waals surface area contributed by atoms with E-state index in [4.69, 9.17) is 9.84 Å². The zero-order valence-electron chi connectivity index (χ0n) is 15.9. The third-order valence-corrected chi connectivity index (χ3v) is 5.08. The highest BCUT2D eigenvalue weighted by atomic mass is 16.5. The third-order valence-electron chi connectivity index (χ3n) is 5.08. The van der Waals surface area contributed by atoms with Crippen LogP contribution >= 0.6 is 0 Å². The Balaban J connectivity index is 1.76. The Hall–Kier alpha value is -1.65. The fourth-order valence-electron chi connectivity index (χ4n) is 3.72. The van der Waals surface area contributed by atoms with Crippen molar-refractivity contribution >= 4 is 0 Å². The first-order valence-electron chi connectivity index (χ1n) is 9.58. The summed E-state index contributed by atoms with van der Waals surface area (Å²) in [6, 6.07) is 10.7. The lowest BCUT2D eigenvalue weighted by molar-refractivity contribution is 0.0677. The maximum atomic E-state index is 5.90. The van der Waals surface area contributed by atoms with E-state index in [1.165, 1.54) is 29.7 Å². The largest absolute Gasteiger partial charge is 0.377 e. The summed E-state index contributed by atoms with van der Waals surface area (Å²) >= 11 is 0. The topological polar surface area (TPSA) is 30.3 Å². The van der Waals surface area contributed by atoms with Crippen molar-refractivity contribution in [3.63, 3.8) is 0 Å². The summed E-state index contributed by atoms with van der Waals surface area (Å²) in [4.78, 5) is 2.53. The fourth-order valence-corrected chi connectivity index (χ4v) is 3.72. The molecule has 1 fully saturated rings. The molecule has 0 radical (unpaired) electrons. The Morgan fingerprint density at radius 1 is 1.20 bits per heavy atom. The van der Waals surface area contributed by atoms with E-state index in [0.29, 0.717) is 6.10 Å². The van der Waals surface area contributed by atoms with Crippen molar-refractivity contribution in [3.05, 3.63) is 52.8 Å². The third kappa shape index (κ3) is 4.71. The number of rotatable bonds is 8. The fraction of sp³-hybridized carbons (Fsp3) is 0.571. The molecule has 1 saturated heterocycles. The minimum atomic E-state index is 0.370. The molecule has 0 amide bonds. The van der Waals surface area contributed by atoms with Gasteiger partial charge in [0.15, 0.2) is 0 Å². The second-order valence-electron chi connectivity index (χ2n) is 7.16. The van der Waals surface area contributed by atoms with Crippen LogP contribution in [-0.4, -0.2) is 33.9 Å². The average Bonchev–Trinajstić information content (AvgIpc) is 3.20. The highest BCUT2D eigenvalue weighted by molar-refractivity contribution is 5.25. The summed E-state index contributed by atoms with van der Waals surface area (Å²) in [6.07, 6.45) is 3.86.